The number of sulfone groups is 1. The van der Waals surface area contributed by atoms with Gasteiger partial charge >= 0.3 is 0 Å². The van der Waals surface area contributed by atoms with E-state index in [0.717, 1.165) is 11.4 Å². The molecule has 2 aromatic heterocycles. The van der Waals surface area contributed by atoms with Crippen molar-refractivity contribution in [2.75, 3.05) is 23.7 Å². The van der Waals surface area contributed by atoms with Crippen molar-refractivity contribution in [3.63, 3.8) is 0 Å². The first-order chi connectivity index (χ1) is 11.8. The lowest BCUT2D eigenvalue weighted by molar-refractivity contribution is 0.567. The molecule has 2 aromatic rings. The predicted octanol–water partition coefficient (Wildman–Crippen LogP) is 2.57. The minimum atomic E-state index is -3.07. The Kier molecular flexibility index (Phi) is 4.66. The zero-order chi connectivity index (χ0) is 18.4. The van der Waals surface area contributed by atoms with Gasteiger partial charge in [0, 0.05) is 24.7 Å². The quantitative estimate of drug-likeness (QED) is 0.826. The Hall–Kier alpha value is -1.82. The van der Waals surface area contributed by atoms with Crippen LogP contribution >= 0.6 is 11.6 Å². The van der Waals surface area contributed by atoms with Crippen molar-refractivity contribution < 1.29 is 8.42 Å². The number of hydrogen-bond donors (Lipinski definition) is 1. The van der Waals surface area contributed by atoms with Crippen LogP contribution in [0.3, 0.4) is 0 Å². The zero-order valence-electron chi connectivity index (χ0n) is 14.1. The number of nitrogens with two attached hydrogens (primary N) is 1. The summed E-state index contributed by atoms with van der Waals surface area (Å²) in [7, 11) is -3.07. The normalized spacial score (nSPS) is 21.2. The van der Waals surface area contributed by atoms with Crippen LogP contribution in [0.25, 0.3) is 10.4 Å². The van der Waals surface area contributed by atoms with Crippen LogP contribution in [0.5, 0.6) is 0 Å². The molecule has 0 spiro atoms. The van der Waals surface area contributed by atoms with Crippen LogP contribution < -0.4 is 10.6 Å². The number of halogens is 1. The topological polar surface area (TPSA) is 85.1 Å². The van der Waals surface area contributed by atoms with E-state index in [-0.39, 0.29) is 17.6 Å². The molecule has 0 bridgehead atoms. The molecular weight excluding hydrogens is 362 g/mol. The first-order valence-corrected chi connectivity index (χ1v) is 10.2. The second kappa shape index (κ2) is 6.48. The number of nitrogens with zero attached hydrogens (tertiary/aromatic N) is 4. The summed E-state index contributed by atoms with van der Waals surface area (Å²) >= 11 is 6.40. The maximum atomic E-state index is 12.1. The Morgan fingerprint density at radius 2 is 2.28 bits per heavy atom. The molecule has 2 atom stereocenters. The molecule has 0 radical (unpaired) electrons. The molecule has 2 unspecified atom stereocenters. The zero-order valence-corrected chi connectivity index (χ0v) is 15.7. The summed E-state index contributed by atoms with van der Waals surface area (Å²) in [6.45, 7) is 11.7. The molecule has 1 saturated heterocycles. The molecule has 0 aromatic carbocycles. The number of imidazole rings is 1. The van der Waals surface area contributed by atoms with E-state index in [1.165, 1.54) is 0 Å². The van der Waals surface area contributed by atoms with E-state index in [0.29, 0.717) is 30.0 Å². The second-order valence-electron chi connectivity index (χ2n) is 6.31. The van der Waals surface area contributed by atoms with Crippen molar-refractivity contribution in [1.29, 1.82) is 0 Å². The van der Waals surface area contributed by atoms with Gasteiger partial charge in [0.25, 0.3) is 5.82 Å². The SMILES string of the molecule is [C-]#[N+]c1ncn2c(N3CCS(=O)(=O)C(C)C3)c(C(N)CC)cc(Cl)c12. The Morgan fingerprint density at radius 3 is 2.88 bits per heavy atom. The van der Waals surface area contributed by atoms with Crippen LogP contribution in [-0.4, -0.2) is 41.9 Å². The van der Waals surface area contributed by atoms with E-state index < -0.39 is 15.1 Å². The van der Waals surface area contributed by atoms with Gasteiger partial charge in [-0.1, -0.05) is 25.1 Å². The molecule has 0 saturated carbocycles. The molecule has 2 N–H and O–H groups in total. The van der Waals surface area contributed by atoms with Crippen molar-refractivity contribution in [1.82, 2.24) is 9.38 Å². The van der Waals surface area contributed by atoms with Gasteiger partial charge in [-0.3, -0.25) is 4.40 Å². The number of hydrogen-bond acceptors (Lipinski definition) is 5. The molecule has 1 aliphatic heterocycles. The average molecular weight is 382 g/mol. The number of fused-ring (bicyclic) bond motifs is 1. The van der Waals surface area contributed by atoms with Crippen LogP contribution in [0.15, 0.2) is 12.4 Å². The molecule has 7 nitrogen and oxygen atoms in total. The summed E-state index contributed by atoms with van der Waals surface area (Å²) in [5, 5.41) is -0.0506. The minimum Gasteiger partial charge on any atom is -0.359 e. The summed E-state index contributed by atoms with van der Waals surface area (Å²) in [5.41, 5.74) is 7.65. The highest BCUT2D eigenvalue weighted by Crippen LogP contribution is 2.37. The van der Waals surface area contributed by atoms with E-state index in [2.05, 4.69) is 9.83 Å². The van der Waals surface area contributed by atoms with Crippen LogP contribution in [-0.2, 0) is 9.84 Å². The third-order valence-electron chi connectivity index (χ3n) is 4.72. The average Bonchev–Trinajstić information content (AvgIpc) is 3.01. The molecule has 1 fully saturated rings. The molecular formula is C16H20ClN5O2S. The highest BCUT2D eigenvalue weighted by Gasteiger charge is 2.32. The van der Waals surface area contributed by atoms with Gasteiger partial charge in [-0.25, -0.2) is 8.42 Å². The van der Waals surface area contributed by atoms with E-state index in [4.69, 9.17) is 23.9 Å². The number of anilines is 1. The molecule has 0 aliphatic carbocycles. The van der Waals surface area contributed by atoms with Crippen LogP contribution in [0.2, 0.25) is 5.02 Å². The third-order valence-corrected chi connectivity index (χ3v) is 7.14. The maximum absolute atomic E-state index is 12.1. The fourth-order valence-electron chi connectivity index (χ4n) is 3.19. The van der Waals surface area contributed by atoms with Crippen LogP contribution in [0.4, 0.5) is 11.6 Å². The van der Waals surface area contributed by atoms with Crippen molar-refractivity contribution in [3.05, 3.63) is 34.4 Å². The Labute approximate surface area is 152 Å². The number of rotatable bonds is 3. The standard InChI is InChI=1S/C16H20ClN5O2S/c1-4-13(18)11-7-12(17)14-15(19-3)20-9-22(14)16(11)21-5-6-25(23,24)10(2)8-21/h7,9-10,13H,4-6,8,18H2,1-2H3. The van der Waals surface area contributed by atoms with Gasteiger partial charge in [-0.15, -0.1) is 4.98 Å². The minimum absolute atomic E-state index is 0.0868. The summed E-state index contributed by atoms with van der Waals surface area (Å²) in [6, 6.07) is 1.54. The molecule has 1 aliphatic rings. The molecule has 134 valence electrons. The smallest absolute Gasteiger partial charge is 0.296 e. The summed E-state index contributed by atoms with van der Waals surface area (Å²) in [6.07, 6.45) is 2.27. The van der Waals surface area contributed by atoms with Gasteiger partial charge in [0.2, 0.25) is 0 Å². The first-order valence-electron chi connectivity index (χ1n) is 8.09. The third kappa shape index (κ3) is 2.97. The first kappa shape index (κ1) is 18.0. The van der Waals surface area contributed by atoms with Gasteiger partial charge in [-0.05, 0) is 19.4 Å². The van der Waals surface area contributed by atoms with Gasteiger partial charge in [-0.2, -0.15) is 0 Å². The summed E-state index contributed by atoms with van der Waals surface area (Å²) in [5.74, 6) is 1.09. The monoisotopic (exact) mass is 381 g/mol. The lowest BCUT2D eigenvalue weighted by Gasteiger charge is -2.35. The van der Waals surface area contributed by atoms with Crippen molar-refractivity contribution in [2.45, 2.75) is 31.6 Å². The second-order valence-corrected chi connectivity index (χ2v) is 9.25. The molecule has 9 heteroatoms. The van der Waals surface area contributed by atoms with E-state index in [9.17, 15) is 8.42 Å². The van der Waals surface area contributed by atoms with Crippen LogP contribution in [0.1, 0.15) is 31.9 Å². The number of aromatic nitrogens is 2. The van der Waals surface area contributed by atoms with Gasteiger partial charge < -0.3 is 15.5 Å². The van der Waals surface area contributed by atoms with E-state index in [1.54, 1.807) is 23.7 Å². The summed E-state index contributed by atoms with van der Waals surface area (Å²) in [4.78, 5) is 9.58. The van der Waals surface area contributed by atoms with E-state index >= 15 is 0 Å². The molecule has 25 heavy (non-hydrogen) atoms. The largest absolute Gasteiger partial charge is 0.359 e. The fraction of sp³-hybridized carbons (Fsp3) is 0.500. The molecule has 3 heterocycles. The highest BCUT2D eigenvalue weighted by atomic mass is 35.5. The maximum Gasteiger partial charge on any atom is 0.296 e. The Bertz CT molecular complexity index is 963. The lowest BCUT2D eigenvalue weighted by atomic mass is 10.0. The summed E-state index contributed by atoms with van der Waals surface area (Å²) < 4.78 is 25.9. The molecule has 3 rings (SSSR count). The van der Waals surface area contributed by atoms with Gasteiger partial charge in [0.05, 0.1) is 21.5 Å². The van der Waals surface area contributed by atoms with Crippen molar-refractivity contribution in [3.8, 4) is 0 Å². The van der Waals surface area contributed by atoms with Gasteiger partial charge in [0.15, 0.2) is 16.2 Å². The fourth-order valence-corrected chi connectivity index (χ4v) is 4.76. The van der Waals surface area contributed by atoms with Gasteiger partial charge in [0.1, 0.15) is 5.82 Å². The number of pyridine rings is 1. The highest BCUT2D eigenvalue weighted by molar-refractivity contribution is 7.92. The van der Waals surface area contributed by atoms with E-state index in [1.807, 2.05) is 11.8 Å². The Balaban J connectivity index is 2.23. The van der Waals surface area contributed by atoms with Crippen molar-refractivity contribution in [2.24, 2.45) is 5.73 Å². The molecule has 0 amide bonds. The lowest BCUT2D eigenvalue weighted by Crippen LogP contribution is -2.46. The Morgan fingerprint density at radius 1 is 1.56 bits per heavy atom. The van der Waals surface area contributed by atoms with Crippen LogP contribution in [0, 0.1) is 6.57 Å². The predicted molar refractivity (Wildman–Crippen MR) is 99.1 cm³/mol. The van der Waals surface area contributed by atoms with Crippen molar-refractivity contribution >= 4 is 38.6 Å².